The molecule has 0 bridgehead atoms. The Bertz CT molecular complexity index is 517. The molecule has 2 aliphatic rings. The number of esters is 4. The van der Waals surface area contributed by atoms with Gasteiger partial charge in [-0.2, -0.15) is 0 Å². The lowest BCUT2D eigenvalue weighted by atomic mass is 10.0. The van der Waals surface area contributed by atoms with Crippen molar-refractivity contribution in [2.45, 2.75) is 99.3 Å². The number of rotatable bonds is 8. The Labute approximate surface area is 195 Å². The van der Waals surface area contributed by atoms with Crippen LogP contribution in [0.15, 0.2) is 37.0 Å². The fourth-order valence-electron chi connectivity index (χ4n) is 2.16. The van der Waals surface area contributed by atoms with Gasteiger partial charge in [0, 0.05) is 0 Å². The molecule has 6 heteroatoms. The largest absolute Gasteiger partial charge is 0.393 e. The molecule has 0 radical (unpaired) electrons. The molecule has 0 aliphatic carbocycles. The fourth-order valence-corrected chi connectivity index (χ4v) is 2.16. The highest BCUT2D eigenvalue weighted by atomic mass is 16.6. The molecule has 0 amide bonds. The van der Waals surface area contributed by atoms with Gasteiger partial charge in [-0.15, -0.1) is 6.58 Å². The van der Waals surface area contributed by atoms with Gasteiger partial charge in [0.15, 0.2) is 0 Å². The number of hydrogen-bond donors (Lipinski definition) is 0. The second-order valence-corrected chi connectivity index (χ2v) is 6.26. The Kier molecular flexibility index (Phi) is 28.3. The van der Waals surface area contributed by atoms with Crippen molar-refractivity contribution in [1.29, 1.82) is 0 Å². The topological polar surface area (TPSA) is 86.7 Å². The van der Waals surface area contributed by atoms with Gasteiger partial charge in [-0.05, 0) is 38.0 Å². The summed E-state index contributed by atoms with van der Waals surface area (Å²) in [5.41, 5.74) is 0. The van der Waals surface area contributed by atoms with E-state index >= 15 is 0 Å². The third-order valence-corrected chi connectivity index (χ3v) is 3.89. The van der Waals surface area contributed by atoms with Crippen LogP contribution in [0.4, 0.5) is 0 Å². The third kappa shape index (κ3) is 23.8. The summed E-state index contributed by atoms with van der Waals surface area (Å²) in [6.07, 6.45) is 18.0. The van der Waals surface area contributed by atoms with E-state index < -0.39 is 23.9 Å². The van der Waals surface area contributed by atoms with Crippen molar-refractivity contribution in [2.24, 2.45) is 5.92 Å². The number of allylic oxidation sites excluding steroid dienone is 5. The highest BCUT2D eigenvalue weighted by molar-refractivity contribution is 5.93. The summed E-state index contributed by atoms with van der Waals surface area (Å²) in [6.45, 7) is 16.2. The van der Waals surface area contributed by atoms with E-state index in [1.165, 1.54) is 19.3 Å². The second-order valence-electron chi connectivity index (χ2n) is 6.26. The van der Waals surface area contributed by atoms with Crippen LogP contribution in [0.3, 0.4) is 0 Å². The van der Waals surface area contributed by atoms with Gasteiger partial charge < -0.3 is 9.47 Å². The van der Waals surface area contributed by atoms with Crippen LogP contribution in [0, 0.1) is 5.92 Å². The van der Waals surface area contributed by atoms with Crippen molar-refractivity contribution in [1.82, 2.24) is 0 Å². The summed E-state index contributed by atoms with van der Waals surface area (Å²) in [4.78, 5) is 40.0. The highest BCUT2D eigenvalue weighted by Gasteiger charge is 2.19. The third-order valence-electron chi connectivity index (χ3n) is 3.89. The van der Waals surface area contributed by atoms with E-state index in [0.29, 0.717) is 5.92 Å². The van der Waals surface area contributed by atoms with Gasteiger partial charge >= 0.3 is 23.9 Å². The molecular weight excluding hydrogens is 408 g/mol. The normalized spacial score (nSPS) is 15.2. The van der Waals surface area contributed by atoms with Crippen LogP contribution in [0.2, 0.25) is 0 Å². The van der Waals surface area contributed by atoms with Gasteiger partial charge in [-0.1, -0.05) is 71.9 Å². The Morgan fingerprint density at radius 3 is 1.34 bits per heavy atom. The van der Waals surface area contributed by atoms with Crippen LogP contribution < -0.4 is 0 Å². The van der Waals surface area contributed by atoms with Crippen LogP contribution in [-0.2, 0) is 28.7 Å². The van der Waals surface area contributed by atoms with Crippen molar-refractivity contribution in [2.75, 3.05) is 0 Å². The molecule has 2 fully saturated rings. The quantitative estimate of drug-likeness (QED) is 0.177. The van der Waals surface area contributed by atoms with Crippen molar-refractivity contribution < 1.29 is 28.7 Å². The predicted molar refractivity (Wildman–Crippen MR) is 130 cm³/mol. The first-order valence-electron chi connectivity index (χ1n) is 11.8. The maximum absolute atomic E-state index is 10.0. The van der Waals surface area contributed by atoms with Crippen molar-refractivity contribution in [3.8, 4) is 0 Å². The van der Waals surface area contributed by atoms with Crippen molar-refractivity contribution in [3.63, 3.8) is 0 Å². The smallest absolute Gasteiger partial charge is 0.314 e. The first-order chi connectivity index (χ1) is 15.4. The maximum Gasteiger partial charge on any atom is 0.314 e. The SMILES string of the molecule is C=CC(CC)C/C=C/CC/C=C\CC.CC.CC.O=C1CCC(=O)O1.O=C1CCC(=O)O1. The average molecular weight is 453 g/mol. The predicted octanol–water partition coefficient (Wildman–Crippen LogP) is 6.64. The van der Waals surface area contributed by atoms with Gasteiger partial charge in [0.1, 0.15) is 0 Å². The number of carbonyl (C=O) groups excluding carboxylic acids is 4. The second kappa shape index (κ2) is 26.5. The monoisotopic (exact) mass is 452 g/mol. The van der Waals surface area contributed by atoms with Crippen molar-refractivity contribution >= 4 is 23.9 Å². The molecule has 2 rings (SSSR count). The van der Waals surface area contributed by atoms with Crippen LogP contribution >= 0.6 is 0 Å². The molecular formula is C26H44O6. The molecule has 0 N–H and O–H groups in total. The molecule has 2 aliphatic heterocycles. The van der Waals surface area contributed by atoms with E-state index in [0.717, 1.165) is 12.8 Å². The zero-order chi connectivity index (χ0) is 25.2. The maximum atomic E-state index is 10.0. The first kappa shape index (κ1) is 34.1. The van der Waals surface area contributed by atoms with Gasteiger partial charge in [-0.3, -0.25) is 19.2 Å². The van der Waals surface area contributed by atoms with Gasteiger partial charge in [0.25, 0.3) is 0 Å². The van der Waals surface area contributed by atoms with Gasteiger partial charge in [-0.25, -0.2) is 0 Å². The molecule has 0 aromatic rings. The Hall–Kier alpha value is -2.50. The molecule has 2 saturated heterocycles. The Balaban J connectivity index is -0.000000391. The zero-order valence-corrected chi connectivity index (χ0v) is 21.0. The van der Waals surface area contributed by atoms with Crippen LogP contribution in [0.25, 0.3) is 0 Å². The van der Waals surface area contributed by atoms with E-state index in [1.807, 2.05) is 27.7 Å². The Morgan fingerprint density at radius 2 is 1.09 bits per heavy atom. The van der Waals surface area contributed by atoms with Crippen LogP contribution in [-0.4, -0.2) is 23.9 Å². The number of unbranched alkanes of at least 4 members (excludes halogenated alkanes) is 1. The lowest BCUT2D eigenvalue weighted by Crippen LogP contribution is -1.95. The molecule has 32 heavy (non-hydrogen) atoms. The highest BCUT2D eigenvalue weighted by Crippen LogP contribution is 2.10. The lowest BCUT2D eigenvalue weighted by Gasteiger charge is -2.03. The molecule has 2 heterocycles. The summed E-state index contributed by atoms with van der Waals surface area (Å²) in [5.74, 6) is -0.928. The van der Waals surface area contributed by atoms with Gasteiger partial charge in [0.05, 0.1) is 25.7 Å². The first-order valence-corrected chi connectivity index (χ1v) is 11.8. The van der Waals surface area contributed by atoms with Gasteiger partial charge in [0.2, 0.25) is 0 Å². The number of cyclic esters (lactones) is 4. The molecule has 0 aromatic carbocycles. The summed E-state index contributed by atoms with van der Waals surface area (Å²) < 4.78 is 8.17. The van der Waals surface area contributed by atoms with E-state index in [1.54, 1.807) is 0 Å². The summed E-state index contributed by atoms with van der Waals surface area (Å²) in [5, 5.41) is 0. The minimum atomic E-state index is -0.398. The summed E-state index contributed by atoms with van der Waals surface area (Å²) in [6, 6.07) is 0. The Morgan fingerprint density at radius 1 is 0.719 bits per heavy atom. The minimum absolute atomic E-state index is 0.263. The molecule has 1 unspecified atom stereocenters. The van der Waals surface area contributed by atoms with Crippen LogP contribution in [0.5, 0.6) is 0 Å². The van der Waals surface area contributed by atoms with E-state index in [2.05, 4.69) is 60.3 Å². The lowest BCUT2D eigenvalue weighted by molar-refractivity contribution is -0.153. The fraction of sp³-hybridized carbons (Fsp3) is 0.615. The summed E-state index contributed by atoms with van der Waals surface area (Å²) >= 11 is 0. The molecule has 184 valence electrons. The zero-order valence-electron chi connectivity index (χ0n) is 21.0. The number of ether oxygens (including phenoxy) is 2. The molecule has 0 spiro atoms. The molecule has 1 atom stereocenters. The van der Waals surface area contributed by atoms with E-state index in [4.69, 9.17) is 0 Å². The number of hydrogen-bond acceptors (Lipinski definition) is 6. The van der Waals surface area contributed by atoms with Crippen LogP contribution in [0.1, 0.15) is 99.3 Å². The molecule has 6 nitrogen and oxygen atoms in total. The molecule has 0 saturated carbocycles. The van der Waals surface area contributed by atoms with Crippen molar-refractivity contribution in [3.05, 3.63) is 37.0 Å². The van der Waals surface area contributed by atoms with E-state index in [9.17, 15) is 19.2 Å². The minimum Gasteiger partial charge on any atom is -0.393 e. The average Bonchev–Trinajstić information content (AvgIpc) is 3.39. The number of carbonyl (C=O) groups is 4. The standard InChI is InChI=1S/C14H24.2C4H4O3.2C2H6/c1-4-7-8-9-10-11-12-13-14(5-2)6-3;2*5-3-1-2-4(6)7-3;2*1-2/h5,7-8,11-12,14H,2,4,6,9-10,13H2,1,3H3;2*1-2H2;2*1-2H3/b8-7-,12-11+;;;;. The summed E-state index contributed by atoms with van der Waals surface area (Å²) in [7, 11) is 0. The van der Waals surface area contributed by atoms with E-state index in [-0.39, 0.29) is 25.7 Å². The molecule has 0 aromatic heterocycles.